The number of hydrogen-bond acceptors (Lipinski definition) is 4. The molecular weight excluding hydrogens is 330 g/mol. The van der Waals surface area contributed by atoms with E-state index >= 15 is 0 Å². The van der Waals surface area contributed by atoms with Gasteiger partial charge in [-0.15, -0.1) is 11.3 Å². The van der Waals surface area contributed by atoms with Crippen molar-refractivity contribution in [3.8, 4) is 0 Å². The predicted octanol–water partition coefficient (Wildman–Crippen LogP) is 3.51. The second-order valence-corrected chi connectivity index (χ2v) is 7.78. The van der Waals surface area contributed by atoms with Gasteiger partial charge in [0.25, 0.3) is 0 Å². The number of thiazole rings is 1. The molecule has 1 amide bonds. The van der Waals surface area contributed by atoms with E-state index in [2.05, 4.69) is 34.1 Å². The fourth-order valence-corrected chi connectivity index (χ4v) is 4.25. The highest BCUT2D eigenvalue weighted by molar-refractivity contribution is 7.09. The topological polar surface area (TPSA) is 36.4 Å². The molecule has 1 saturated heterocycles. The molecule has 1 atom stereocenters. The number of benzene rings is 1. The van der Waals surface area contributed by atoms with Crippen LogP contribution in [0.2, 0.25) is 0 Å². The third-order valence-corrected chi connectivity index (χ3v) is 6.02. The summed E-state index contributed by atoms with van der Waals surface area (Å²) in [6, 6.07) is 10.5. The average Bonchev–Trinajstić information content (AvgIpc) is 3.05. The fraction of sp³-hybridized carbons (Fsp3) is 0.500. The summed E-state index contributed by atoms with van der Waals surface area (Å²) in [7, 11) is 1.94. The van der Waals surface area contributed by atoms with Gasteiger partial charge in [0.15, 0.2) is 0 Å². The molecule has 25 heavy (non-hydrogen) atoms. The molecule has 2 heterocycles. The number of likely N-dealkylation sites (tertiary alicyclic amines) is 1. The van der Waals surface area contributed by atoms with Gasteiger partial charge < -0.3 is 4.90 Å². The molecule has 0 N–H and O–H groups in total. The maximum Gasteiger partial charge on any atom is 0.239 e. The molecule has 1 aliphatic rings. The molecular formula is C20H27N3OS. The van der Waals surface area contributed by atoms with Crippen molar-refractivity contribution in [2.45, 2.75) is 45.2 Å². The van der Waals surface area contributed by atoms with E-state index < -0.39 is 0 Å². The number of piperidine rings is 1. The van der Waals surface area contributed by atoms with Crippen molar-refractivity contribution >= 4 is 17.2 Å². The third kappa shape index (κ3) is 4.67. The summed E-state index contributed by atoms with van der Waals surface area (Å²) in [5.41, 5.74) is 4.26. The van der Waals surface area contributed by atoms with Crippen LogP contribution in [0.5, 0.6) is 0 Å². The lowest BCUT2D eigenvalue weighted by atomic mass is 10.00. The summed E-state index contributed by atoms with van der Waals surface area (Å²) in [6.07, 6.45) is 4.18. The predicted molar refractivity (Wildman–Crippen MR) is 103 cm³/mol. The van der Waals surface area contributed by atoms with E-state index in [1.807, 2.05) is 30.4 Å². The smallest absolute Gasteiger partial charge is 0.239 e. The number of rotatable bonds is 6. The molecule has 0 bridgehead atoms. The van der Waals surface area contributed by atoms with Crippen LogP contribution in [0.3, 0.4) is 0 Å². The summed E-state index contributed by atoms with van der Waals surface area (Å²) in [4.78, 5) is 22.9. The monoisotopic (exact) mass is 357 g/mol. The number of hydrogen-bond donors (Lipinski definition) is 0. The highest BCUT2D eigenvalue weighted by Crippen LogP contribution is 2.21. The first-order valence-corrected chi connectivity index (χ1v) is 9.95. The van der Waals surface area contributed by atoms with Crippen molar-refractivity contribution in [2.24, 2.45) is 0 Å². The number of likely N-dealkylation sites (N-methyl/N-ethyl adjacent to an activating group) is 1. The maximum atomic E-state index is 13.0. The lowest BCUT2D eigenvalue weighted by Gasteiger charge is -2.36. The molecule has 1 aromatic carbocycles. The lowest BCUT2D eigenvalue weighted by molar-refractivity contribution is -0.137. The molecule has 1 unspecified atom stereocenters. The zero-order valence-electron chi connectivity index (χ0n) is 15.1. The van der Waals surface area contributed by atoms with Gasteiger partial charge in [-0.05, 0) is 31.9 Å². The quantitative estimate of drug-likeness (QED) is 0.794. The van der Waals surface area contributed by atoms with E-state index in [4.69, 9.17) is 0 Å². The molecule has 0 spiro atoms. The molecule has 0 aliphatic carbocycles. The van der Waals surface area contributed by atoms with Crippen LogP contribution in [0, 0.1) is 6.92 Å². The summed E-state index contributed by atoms with van der Waals surface area (Å²) >= 11 is 1.68. The molecule has 134 valence electrons. The van der Waals surface area contributed by atoms with Crippen molar-refractivity contribution in [1.29, 1.82) is 0 Å². The van der Waals surface area contributed by atoms with Crippen LogP contribution in [0.15, 0.2) is 35.8 Å². The van der Waals surface area contributed by atoms with Crippen LogP contribution < -0.4 is 0 Å². The molecule has 1 aliphatic heterocycles. The van der Waals surface area contributed by atoms with Gasteiger partial charge in [-0.25, -0.2) is 4.98 Å². The molecule has 2 aromatic rings. The highest BCUT2D eigenvalue weighted by atomic mass is 32.1. The van der Waals surface area contributed by atoms with Gasteiger partial charge in [0, 0.05) is 31.4 Å². The first kappa shape index (κ1) is 18.1. The number of carbonyl (C=O) groups excluding carboxylic acids is 1. The molecule has 1 aromatic heterocycles. The van der Waals surface area contributed by atoms with Crippen molar-refractivity contribution in [3.63, 3.8) is 0 Å². The Morgan fingerprint density at radius 1 is 1.32 bits per heavy atom. The Bertz CT molecular complexity index is 685. The van der Waals surface area contributed by atoms with Gasteiger partial charge in [-0.1, -0.05) is 36.8 Å². The van der Waals surface area contributed by atoms with Crippen molar-refractivity contribution in [1.82, 2.24) is 14.8 Å². The molecule has 3 rings (SSSR count). The largest absolute Gasteiger partial charge is 0.344 e. The second-order valence-electron chi connectivity index (χ2n) is 6.84. The molecule has 4 nitrogen and oxygen atoms in total. The SMILES string of the molecule is Cc1ncsc1CCN(C)C(=O)C1CCCCN1Cc1ccccc1. The Kier molecular flexibility index (Phi) is 6.21. The highest BCUT2D eigenvalue weighted by Gasteiger charge is 2.30. The Morgan fingerprint density at radius 3 is 2.84 bits per heavy atom. The number of aromatic nitrogens is 1. The molecule has 0 saturated carbocycles. The van der Waals surface area contributed by atoms with E-state index in [1.165, 1.54) is 16.9 Å². The summed E-state index contributed by atoms with van der Waals surface area (Å²) in [5, 5.41) is 0. The lowest BCUT2D eigenvalue weighted by Crippen LogP contribution is -2.49. The third-order valence-electron chi connectivity index (χ3n) is 5.02. The van der Waals surface area contributed by atoms with E-state index in [0.717, 1.165) is 44.6 Å². The Hall–Kier alpha value is -1.72. The van der Waals surface area contributed by atoms with Crippen LogP contribution >= 0.6 is 11.3 Å². The number of nitrogens with zero attached hydrogens (tertiary/aromatic N) is 3. The average molecular weight is 358 g/mol. The molecule has 1 fully saturated rings. The normalized spacial score (nSPS) is 18.2. The Morgan fingerprint density at radius 2 is 2.12 bits per heavy atom. The summed E-state index contributed by atoms with van der Waals surface area (Å²) < 4.78 is 0. The zero-order chi connectivity index (χ0) is 17.6. The van der Waals surface area contributed by atoms with Crippen LogP contribution in [-0.4, -0.2) is 46.9 Å². The minimum Gasteiger partial charge on any atom is -0.344 e. The van der Waals surface area contributed by atoms with Crippen LogP contribution in [0.1, 0.15) is 35.4 Å². The standard InChI is InChI=1S/C20H27N3OS/c1-16-19(25-15-21-16)11-13-22(2)20(24)18-10-6-7-12-23(18)14-17-8-4-3-5-9-17/h3-5,8-9,15,18H,6-7,10-14H2,1-2H3. The minimum atomic E-state index is 0.0153. The number of amides is 1. The van der Waals surface area contributed by atoms with Crippen molar-refractivity contribution in [3.05, 3.63) is 52.0 Å². The molecule has 0 radical (unpaired) electrons. The van der Waals surface area contributed by atoms with Gasteiger partial charge in [0.1, 0.15) is 0 Å². The van der Waals surface area contributed by atoms with E-state index in [1.54, 1.807) is 11.3 Å². The summed E-state index contributed by atoms with van der Waals surface area (Å²) in [5.74, 6) is 0.262. The van der Waals surface area contributed by atoms with Crippen molar-refractivity contribution < 1.29 is 4.79 Å². The zero-order valence-corrected chi connectivity index (χ0v) is 16.0. The maximum absolute atomic E-state index is 13.0. The Labute approximate surface area is 154 Å². The van der Waals surface area contributed by atoms with Gasteiger partial charge in [0.2, 0.25) is 5.91 Å². The number of aryl methyl sites for hydroxylation is 1. The Balaban J connectivity index is 1.60. The molecule has 5 heteroatoms. The van der Waals surface area contributed by atoms with E-state index in [0.29, 0.717) is 0 Å². The van der Waals surface area contributed by atoms with E-state index in [-0.39, 0.29) is 11.9 Å². The second kappa shape index (κ2) is 8.59. The van der Waals surface area contributed by atoms with Gasteiger partial charge in [-0.2, -0.15) is 0 Å². The summed E-state index contributed by atoms with van der Waals surface area (Å²) in [6.45, 7) is 4.67. The van der Waals surface area contributed by atoms with Crippen LogP contribution in [0.25, 0.3) is 0 Å². The van der Waals surface area contributed by atoms with Crippen molar-refractivity contribution in [2.75, 3.05) is 20.1 Å². The van der Waals surface area contributed by atoms with Gasteiger partial charge >= 0.3 is 0 Å². The van der Waals surface area contributed by atoms with Crippen LogP contribution in [0.4, 0.5) is 0 Å². The van der Waals surface area contributed by atoms with E-state index in [9.17, 15) is 4.79 Å². The van der Waals surface area contributed by atoms with Gasteiger partial charge in [-0.3, -0.25) is 9.69 Å². The first-order chi connectivity index (χ1) is 12.1. The van der Waals surface area contributed by atoms with Gasteiger partial charge in [0.05, 0.1) is 17.2 Å². The first-order valence-electron chi connectivity index (χ1n) is 9.07. The van der Waals surface area contributed by atoms with Crippen LogP contribution in [-0.2, 0) is 17.8 Å². The minimum absolute atomic E-state index is 0.0153. The fourth-order valence-electron chi connectivity index (χ4n) is 3.48. The number of carbonyl (C=O) groups is 1.